The van der Waals surface area contributed by atoms with Crippen molar-refractivity contribution in [3.63, 3.8) is 0 Å². The van der Waals surface area contributed by atoms with Crippen LogP contribution in [0, 0.1) is 0 Å². The quantitative estimate of drug-likeness (QED) is 0.659. The number of anilines is 1. The van der Waals surface area contributed by atoms with Crippen LogP contribution in [0.4, 0.5) is 5.69 Å². The molecule has 0 unspecified atom stereocenters. The molecule has 108 valence electrons. The van der Waals surface area contributed by atoms with Gasteiger partial charge in [0.15, 0.2) is 0 Å². The molecule has 2 aromatic carbocycles. The van der Waals surface area contributed by atoms with Crippen LogP contribution >= 0.6 is 11.6 Å². The molecule has 0 radical (unpaired) electrons. The van der Waals surface area contributed by atoms with Crippen LogP contribution < -0.4 is 10.5 Å². The molecule has 5 heteroatoms. The number of hydrogen-bond acceptors (Lipinski definition) is 4. The van der Waals surface area contributed by atoms with Gasteiger partial charge in [0.2, 0.25) is 0 Å². The van der Waals surface area contributed by atoms with E-state index < -0.39 is 5.97 Å². The minimum Gasteiger partial charge on any atom is -0.545 e. The Morgan fingerprint density at radius 1 is 1.24 bits per heavy atom. The van der Waals surface area contributed by atoms with Gasteiger partial charge in [0.1, 0.15) is 0 Å². The van der Waals surface area contributed by atoms with Gasteiger partial charge in [-0.1, -0.05) is 48.0 Å². The molecule has 2 aromatic rings. The van der Waals surface area contributed by atoms with Crippen molar-refractivity contribution >= 4 is 29.5 Å². The lowest BCUT2D eigenvalue weighted by Gasteiger charge is -2.07. The predicted octanol–water partition coefficient (Wildman–Crippen LogP) is 2.73. The van der Waals surface area contributed by atoms with Gasteiger partial charge in [0.25, 0.3) is 0 Å². The van der Waals surface area contributed by atoms with Crippen molar-refractivity contribution in [2.45, 2.75) is 12.8 Å². The predicted molar refractivity (Wildman–Crippen MR) is 82.7 cm³/mol. The Morgan fingerprint density at radius 2 is 2.00 bits per heavy atom. The largest absolute Gasteiger partial charge is 0.545 e. The summed E-state index contributed by atoms with van der Waals surface area (Å²) in [4.78, 5) is 10.8. The molecule has 0 saturated carbocycles. The van der Waals surface area contributed by atoms with Gasteiger partial charge in [-0.15, -0.1) is 0 Å². The monoisotopic (exact) mass is 301 g/mol. The topological polar surface area (TPSA) is 64.5 Å². The lowest BCUT2D eigenvalue weighted by Crippen LogP contribution is -2.22. The van der Waals surface area contributed by atoms with Crippen molar-refractivity contribution in [1.82, 2.24) is 0 Å². The molecular weight excluding hydrogens is 288 g/mol. The van der Waals surface area contributed by atoms with Crippen molar-refractivity contribution in [1.29, 1.82) is 0 Å². The molecule has 0 fully saturated rings. The number of hydrogen-bond donors (Lipinski definition) is 1. The molecule has 0 heterocycles. The number of benzene rings is 2. The second-order valence-electron chi connectivity index (χ2n) is 4.43. The highest BCUT2D eigenvalue weighted by molar-refractivity contribution is 6.33. The van der Waals surface area contributed by atoms with E-state index in [1.807, 2.05) is 18.2 Å². The SMILES string of the molecule is O=C([O-])c1ccc(Cl)c(N/N=C\CCc2ccccc2)c1. The zero-order chi connectivity index (χ0) is 15.1. The minimum absolute atomic E-state index is 0.0568. The fourth-order valence-electron chi connectivity index (χ4n) is 1.79. The molecule has 0 aliphatic carbocycles. The van der Waals surface area contributed by atoms with E-state index in [9.17, 15) is 9.90 Å². The average Bonchev–Trinajstić information content (AvgIpc) is 2.49. The summed E-state index contributed by atoms with van der Waals surface area (Å²) in [5.74, 6) is -1.25. The Hall–Kier alpha value is -2.33. The molecule has 0 aliphatic rings. The van der Waals surface area contributed by atoms with Crippen LogP contribution in [0.1, 0.15) is 22.3 Å². The van der Waals surface area contributed by atoms with Gasteiger partial charge in [-0.2, -0.15) is 5.10 Å². The van der Waals surface area contributed by atoms with E-state index in [-0.39, 0.29) is 5.56 Å². The number of nitrogens with one attached hydrogen (secondary N) is 1. The molecule has 0 saturated heterocycles. The summed E-state index contributed by atoms with van der Waals surface area (Å²) in [6, 6.07) is 14.4. The van der Waals surface area contributed by atoms with Crippen LogP contribution in [-0.2, 0) is 6.42 Å². The first-order valence-corrected chi connectivity index (χ1v) is 6.87. The fraction of sp³-hybridized carbons (Fsp3) is 0.125. The second kappa shape index (κ2) is 7.45. The first-order chi connectivity index (χ1) is 10.2. The summed E-state index contributed by atoms with van der Waals surface area (Å²) in [6.07, 6.45) is 3.39. The number of nitrogens with zero attached hydrogens (tertiary/aromatic N) is 1. The van der Waals surface area contributed by atoms with Gasteiger partial charge in [-0.3, -0.25) is 5.43 Å². The van der Waals surface area contributed by atoms with Crippen LogP contribution in [0.15, 0.2) is 53.6 Å². The molecule has 0 amide bonds. The zero-order valence-corrected chi connectivity index (χ0v) is 12.0. The fourth-order valence-corrected chi connectivity index (χ4v) is 1.95. The van der Waals surface area contributed by atoms with Gasteiger partial charge in [0.05, 0.1) is 16.7 Å². The molecule has 4 nitrogen and oxygen atoms in total. The maximum atomic E-state index is 10.8. The minimum atomic E-state index is -1.25. The number of halogens is 1. The average molecular weight is 302 g/mol. The van der Waals surface area contributed by atoms with Crippen molar-refractivity contribution < 1.29 is 9.90 Å². The van der Waals surface area contributed by atoms with Gasteiger partial charge in [0, 0.05) is 6.21 Å². The van der Waals surface area contributed by atoms with Crippen LogP contribution in [-0.4, -0.2) is 12.2 Å². The third-order valence-electron chi connectivity index (χ3n) is 2.88. The maximum Gasteiger partial charge on any atom is 0.0754 e. The number of hydrazone groups is 1. The highest BCUT2D eigenvalue weighted by Gasteiger charge is 2.01. The summed E-state index contributed by atoms with van der Waals surface area (Å²) in [5.41, 5.74) is 4.47. The van der Waals surface area contributed by atoms with Crippen molar-refractivity contribution in [3.8, 4) is 0 Å². The summed E-state index contributed by atoms with van der Waals surface area (Å²) >= 11 is 5.96. The Kier molecular flexibility index (Phi) is 5.35. The van der Waals surface area contributed by atoms with Crippen LogP contribution in [0.25, 0.3) is 0 Å². The van der Waals surface area contributed by atoms with Crippen molar-refractivity contribution in [3.05, 3.63) is 64.7 Å². The zero-order valence-electron chi connectivity index (χ0n) is 11.3. The van der Waals surface area contributed by atoms with E-state index in [1.54, 1.807) is 6.21 Å². The summed E-state index contributed by atoms with van der Waals surface area (Å²) in [5, 5.41) is 15.2. The number of carbonyl (C=O) groups is 1. The maximum absolute atomic E-state index is 10.8. The lowest BCUT2D eigenvalue weighted by atomic mass is 10.1. The van der Waals surface area contributed by atoms with Gasteiger partial charge >= 0.3 is 0 Å². The highest BCUT2D eigenvalue weighted by Crippen LogP contribution is 2.22. The van der Waals surface area contributed by atoms with Gasteiger partial charge in [-0.25, -0.2) is 0 Å². The Labute approximate surface area is 128 Å². The first kappa shape index (κ1) is 15.1. The molecule has 0 spiro atoms. The van der Waals surface area contributed by atoms with E-state index in [0.29, 0.717) is 10.7 Å². The number of carboxylic acid groups (broad SMARTS) is 1. The van der Waals surface area contributed by atoms with Crippen molar-refractivity contribution in [2.24, 2.45) is 5.10 Å². The van der Waals surface area contributed by atoms with E-state index >= 15 is 0 Å². The Balaban J connectivity index is 1.89. The summed E-state index contributed by atoms with van der Waals surface area (Å²) in [7, 11) is 0. The molecule has 21 heavy (non-hydrogen) atoms. The van der Waals surface area contributed by atoms with Gasteiger partial charge < -0.3 is 9.90 Å². The first-order valence-electron chi connectivity index (χ1n) is 6.49. The number of aryl methyl sites for hydroxylation is 1. The molecule has 2 rings (SSSR count). The Morgan fingerprint density at radius 3 is 2.71 bits per heavy atom. The van der Waals surface area contributed by atoms with E-state index in [1.165, 1.54) is 23.8 Å². The van der Waals surface area contributed by atoms with Crippen LogP contribution in [0.2, 0.25) is 5.02 Å². The normalized spacial score (nSPS) is 10.7. The van der Waals surface area contributed by atoms with E-state index in [0.717, 1.165) is 12.8 Å². The molecule has 0 aliphatic heterocycles. The molecule has 0 atom stereocenters. The van der Waals surface area contributed by atoms with Crippen molar-refractivity contribution in [2.75, 3.05) is 5.43 Å². The highest BCUT2D eigenvalue weighted by atomic mass is 35.5. The summed E-state index contributed by atoms with van der Waals surface area (Å²) in [6.45, 7) is 0. The number of aromatic carboxylic acids is 1. The second-order valence-corrected chi connectivity index (χ2v) is 4.84. The standard InChI is InChI=1S/C16H15ClN2O2/c17-14-9-8-13(16(20)21)11-15(14)19-18-10-4-7-12-5-2-1-3-6-12/h1-3,5-6,8-11,19H,4,7H2,(H,20,21)/p-1/b18-10-. The van der Waals surface area contributed by atoms with Crippen LogP contribution in [0.3, 0.4) is 0 Å². The number of rotatable bonds is 6. The third-order valence-corrected chi connectivity index (χ3v) is 3.21. The Bertz CT molecular complexity index is 642. The van der Waals surface area contributed by atoms with E-state index in [4.69, 9.17) is 11.6 Å². The van der Waals surface area contributed by atoms with E-state index in [2.05, 4.69) is 22.7 Å². The number of carboxylic acids is 1. The molecular formula is C16H14ClN2O2-. The third kappa shape index (κ3) is 4.61. The van der Waals surface area contributed by atoms with Crippen LogP contribution in [0.5, 0.6) is 0 Å². The lowest BCUT2D eigenvalue weighted by molar-refractivity contribution is -0.255. The summed E-state index contributed by atoms with van der Waals surface area (Å²) < 4.78 is 0. The molecule has 0 aromatic heterocycles. The number of carbonyl (C=O) groups excluding carboxylic acids is 1. The van der Waals surface area contributed by atoms with Gasteiger partial charge in [-0.05, 0) is 36.1 Å². The molecule has 0 bridgehead atoms. The smallest absolute Gasteiger partial charge is 0.0754 e. The molecule has 1 N–H and O–H groups in total.